The first-order valence-electron chi connectivity index (χ1n) is 2.70. The molecule has 9 heavy (non-hydrogen) atoms. The average molecular weight is 163 g/mol. The van der Waals surface area contributed by atoms with Gasteiger partial charge < -0.3 is 5.11 Å². The van der Waals surface area contributed by atoms with Crippen LogP contribution in [0.2, 0.25) is 0 Å². The van der Waals surface area contributed by atoms with Crippen LogP contribution in [0.25, 0.3) is 0 Å². The Kier molecular flexibility index (Phi) is 1.82. The smallest absolute Gasteiger partial charge is 0.148 e. The summed E-state index contributed by atoms with van der Waals surface area (Å²) in [7, 11) is 0. The van der Waals surface area contributed by atoms with Crippen LogP contribution in [0.3, 0.4) is 0 Å². The van der Waals surface area contributed by atoms with E-state index in [9.17, 15) is 0 Å². The molecule has 1 aliphatic heterocycles. The average Bonchev–Trinajstić information content (AvgIpc) is 1.79. The van der Waals surface area contributed by atoms with E-state index in [1.807, 2.05) is 13.8 Å². The molecule has 0 aromatic rings. The molecule has 0 radical (unpaired) electrons. The lowest BCUT2D eigenvalue weighted by atomic mass is 10.4. The molecular weight excluding hydrogens is 154 g/mol. The summed E-state index contributed by atoms with van der Waals surface area (Å²) < 4.78 is 0.639. The van der Waals surface area contributed by atoms with Gasteiger partial charge in [0.05, 0.1) is 9.07 Å². The second-order valence-corrected chi connectivity index (χ2v) is 4.84. The van der Waals surface area contributed by atoms with Crippen LogP contribution < -0.4 is 5.32 Å². The Labute approximate surface area is 64.0 Å². The van der Waals surface area contributed by atoms with Gasteiger partial charge in [-0.3, -0.25) is 5.32 Å². The lowest BCUT2D eigenvalue weighted by Crippen LogP contribution is -2.36. The van der Waals surface area contributed by atoms with Gasteiger partial charge in [-0.2, -0.15) is 0 Å². The molecule has 0 aliphatic carbocycles. The first kappa shape index (κ1) is 7.47. The minimum absolute atomic E-state index is 0.0868. The van der Waals surface area contributed by atoms with Crippen LogP contribution in [0.4, 0.5) is 0 Å². The fraction of sp³-hybridized carbons (Fsp3) is 0.800. The Morgan fingerprint density at radius 3 is 2.44 bits per heavy atom. The molecule has 1 atom stereocenters. The Balaban J connectivity index is 2.65. The lowest BCUT2D eigenvalue weighted by molar-refractivity contribution is 0.196. The van der Waals surface area contributed by atoms with Crippen molar-refractivity contribution in [1.82, 2.24) is 5.32 Å². The van der Waals surface area contributed by atoms with Crippen LogP contribution in [0.1, 0.15) is 13.8 Å². The van der Waals surface area contributed by atoms with Gasteiger partial charge in [0.25, 0.3) is 0 Å². The van der Waals surface area contributed by atoms with Gasteiger partial charge in [-0.1, -0.05) is 24.0 Å². The molecule has 1 saturated heterocycles. The van der Waals surface area contributed by atoms with Gasteiger partial charge in [0.2, 0.25) is 0 Å². The fourth-order valence-corrected chi connectivity index (χ4v) is 2.25. The molecule has 1 fully saturated rings. The molecule has 0 saturated carbocycles. The maximum absolute atomic E-state index is 9.06. The summed E-state index contributed by atoms with van der Waals surface area (Å²) in [5.74, 6) is 0. The van der Waals surface area contributed by atoms with Crippen molar-refractivity contribution in [1.29, 1.82) is 0 Å². The molecule has 0 amide bonds. The molecule has 0 spiro atoms. The molecule has 0 bridgehead atoms. The zero-order valence-electron chi connectivity index (χ0n) is 5.34. The third-order valence-corrected chi connectivity index (χ3v) is 2.59. The van der Waals surface area contributed by atoms with Gasteiger partial charge in [0.1, 0.15) is 6.23 Å². The van der Waals surface area contributed by atoms with Gasteiger partial charge in [0.15, 0.2) is 0 Å². The number of hydrogen-bond acceptors (Lipinski definition) is 4. The summed E-state index contributed by atoms with van der Waals surface area (Å²) in [5.41, 5.74) is 0. The van der Waals surface area contributed by atoms with Gasteiger partial charge in [-0.05, 0) is 13.8 Å². The Bertz CT molecular complexity index is 146. The summed E-state index contributed by atoms with van der Waals surface area (Å²) in [6.07, 6.45) is -0.597. The van der Waals surface area contributed by atoms with E-state index >= 15 is 0 Å². The maximum atomic E-state index is 9.06. The molecule has 1 aliphatic rings. The molecule has 0 aromatic carbocycles. The summed E-state index contributed by atoms with van der Waals surface area (Å²) in [6, 6.07) is 0. The summed E-state index contributed by atoms with van der Waals surface area (Å²) >= 11 is 6.34. The molecule has 0 aromatic heterocycles. The number of hydrogen-bond donors (Lipinski definition) is 2. The Morgan fingerprint density at radius 2 is 2.33 bits per heavy atom. The SMILES string of the molecule is CC1(C)NC(O)C(=S)S1. The normalized spacial score (nSPS) is 33.2. The van der Waals surface area contributed by atoms with Crippen molar-refractivity contribution < 1.29 is 5.11 Å². The molecular formula is C5H9NOS2. The van der Waals surface area contributed by atoms with Crippen molar-refractivity contribution in [2.75, 3.05) is 0 Å². The number of aliphatic hydroxyl groups excluding tert-OH is 1. The summed E-state index contributed by atoms with van der Waals surface area (Å²) in [4.78, 5) is -0.0868. The standard InChI is InChI=1S/C5H9NOS2/c1-5(2)6-3(7)4(8)9-5/h3,6-7H,1-2H3. The number of thioether (sulfide) groups is 1. The lowest BCUT2D eigenvalue weighted by Gasteiger charge is -2.14. The predicted octanol–water partition coefficient (Wildman–Crippen LogP) is 0.705. The van der Waals surface area contributed by atoms with Crippen molar-refractivity contribution in [2.24, 2.45) is 0 Å². The zero-order valence-corrected chi connectivity index (χ0v) is 6.97. The highest BCUT2D eigenvalue weighted by atomic mass is 32.2. The highest BCUT2D eigenvalue weighted by Gasteiger charge is 2.33. The van der Waals surface area contributed by atoms with E-state index in [0.29, 0.717) is 4.20 Å². The zero-order chi connectivity index (χ0) is 7.07. The van der Waals surface area contributed by atoms with Crippen molar-refractivity contribution >= 4 is 28.2 Å². The third-order valence-electron chi connectivity index (χ3n) is 1.06. The quantitative estimate of drug-likeness (QED) is 0.515. The molecule has 4 heteroatoms. The van der Waals surface area contributed by atoms with E-state index in [-0.39, 0.29) is 4.87 Å². The Morgan fingerprint density at radius 1 is 1.78 bits per heavy atom. The highest BCUT2D eigenvalue weighted by molar-refractivity contribution is 8.24. The van der Waals surface area contributed by atoms with Crippen molar-refractivity contribution in [3.8, 4) is 0 Å². The first-order chi connectivity index (χ1) is 4.01. The van der Waals surface area contributed by atoms with Gasteiger partial charge in [-0.15, -0.1) is 0 Å². The first-order valence-corrected chi connectivity index (χ1v) is 3.92. The monoisotopic (exact) mass is 163 g/mol. The number of nitrogens with one attached hydrogen (secondary N) is 1. The van der Waals surface area contributed by atoms with Gasteiger partial charge in [-0.25, -0.2) is 0 Å². The fourth-order valence-electron chi connectivity index (χ4n) is 0.725. The van der Waals surface area contributed by atoms with Crippen molar-refractivity contribution in [3.05, 3.63) is 0 Å². The van der Waals surface area contributed by atoms with Crippen LogP contribution >= 0.6 is 24.0 Å². The molecule has 2 N–H and O–H groups in total. The second-order valence-electron chi connectivity index (χ2n) is 2.48. The van der Waals surface area contributed by atoms with Crippen molar-refractivity contribution in [2.45, 2.75) is 24.9 Å². The van der Waals surface area contributed by atoms with Crippen molar-refractivity contribution in [3.63, 3.8) is 0 Å². The largest absolute Gasteiger partial charge is 0.373 e. The third kappa shape index (κ3) is 1.64. The summed E-state index contributed by atoms with van der Waals surface area (Å²) in [6.45, 7) is 3.97. The Hall–Kier alpha value is 0.360. The van der Waals surface area contributed by atoms with Crippen LogP contribution in [-0.4, -0.2) is 20.4 Å². The van der Waals surface area contributed by atoms with E-state index in [4.69, 9.17) is 17.3 Å². The van der Waals surface area contributed by atoms with E-state index in [2.05, 4.69) is 5.32 Å². The number of thiocarbonyl (C=S) groups is 1. The van der Waals surface area contributed by atoms with Crippen LogP contribution in [-0.2, 0) is 0 Å². The topological polar surface area (TPSA) is 32.3 Å². The molecule has 52 valence electrons. The van der Waals surface area contributed by atoms with E-state index in [1.54, 1.807) is 0 Å². The maximum Gasteiger partial charge on any atom is 0.148 e. The second kappa shape index (κ2) is 2.20. The molecule has 2 nitrogen and oxygen atoms in total. The highest BCUT2D eigenvalue weighted by Crippen LogP contribution is 2.30. The predicted molar refractivity (Wildman–Crippen MR) is 43.4 cm³/mol. The number of aliphatic hydroxyl groups is 1. The van der Waals surface area contributed by atoms with Gasteiger partial charge >= 0.3 is 0 Å². The molecule has 1 rings (SSSR count). The summed E-state index contributed by atoms with van der Waals surface area (Å²) in [5, 5.41) is 12.0. The molecule has 1 heterocycles. The minimum Gasteiger partial charge on any atom is -0.373 e. The molecule has 1 unspecified atom stereocenters. The van der Waals surface area contributed by atoms with Crippen LogP contribution in [0, 0.1) is 0 Å². The minimum atomic E-state index is -0.597. The van der Waals surface area contributed by atoms with Crippen LogP contribution in [0.15, 0.2) is 0 Å². The van der Waals surface area contributed by atoms with Crippen LogP contribution in [0.5, 0.6) is 0 Å². The van der Waals surface area contributed by atoms with Gasteiger partial charge in [0, 0.05) is 0 Å². The van der Waals surface area contributed by atoms with E-state index in [0.717, 1.165) is 0 Å². The van der Waals surface area contributed by atoms with E-state index in [1.165, 1.54) is 11.8 Å². The number of rotatable bonds is 0. The van der Waals surface area contributed by atoms with E-state index < -0.39 is 6.23 Å².